The lowest BCUT2D eigenvalue weighted by atomic mass is 10.2. The summed E-state index contributed by atoms with van der Waals surface area (Å²) >= 11 is 5.46. The van der Waals surface area contributed by atoms with Crippen LogP contribution in [0.3, 0.4) is 0 Å². The van der Waals surface area contributed by atoms with Crippen LogP contribution in [-0.4, -0.2) is 11.0 Å². The number of halogens is 2. The van der Waals surface area contributed by atoms with Gasteiger partial charge in [0.2, 0.25) is 0 Å². The smallest absolute Gasteiger partial charge is 0.128 e. The SMILES string of the molecule is Oc1cccc(COc2cc(F)cc(C#CCCl)c2)c1. The minimum atomic E-state index is -0.419. The summed E-state index contributed by atoms with van der Waals surface area (Å²) in [4.78, 5) is 0. The molecule has 0 saturated carbocycles. The van der Waals surface area contributed by atoms with Gasteiger partial charge < -0.3 is 9.84 Å². The molecule has 0 bridgehead atoms. The molecule has 0 unspecified atom stereocenters. The van der Waals surface area contributed by atoms with Crippen LogP contribution in [-0.2, 0) is 6.61 Å². The van der Waals surface area contributed by atoms with E-state index in [0.717, 1.165) is 5.56 Å². The molecule has 0 aromatic heterocycles. The quantitative estimate of drug-likeness (QED) is 0.690. The molecule has 2 aromatic rings. The summed E-state index contributed by atoms with van der Waals surface area (Å²) in [5.41, 5.74) is 1.30. The molecule has 2 nitrogen and oxygen atoms in total. The first-order valence-electron chi connectivity index (χ1n) is 5.93. The van der Waals surface area contributed by atoms with Gasteiger partial charge in [0.05, 0.1) is 5.88 Å². The highest BCUT2D eigenvalue weighted by molar-refractivity contribution is 6.19. The molecular weight excluding hydrogens is 279 g/mol. The minimum absolute atomic E-state index is 0.166. The van der Waals surface area contributed by atoms with Gasteiger partial charge in [-0.3, -0.25) is 0 Å². The van der Waals surface area contributed by atoms with E-state index in [9.17, 15) is 9.50 Å². The van der Waals surface area contributed by atoms with Crippen molar-refractivity contribution in [3.63, 3.8) is 0 Å². The molecule has 0 fully saturated rings. The Morgan fingerprint density at radius 3 is 2.80 bits per heavy atom. The largest absolute Gasteiger partial charge is 0.508 e. The molecule has 4 heteroatoms. The summed E-state index contributed by atoms with van der Waals surface area (Å²) < 4.78 is 18.9. The van der Waals surface area contributed by atoms with Gasteiger partial charge in [0, 0.05) is 11.6 Å². The van der Waals surface area contributed by atoms with Gasteiger partial charge in [0.15, 0.2) is 0 Å². The van der Waals surface area contributed by atoms with Crippen molar-refractivity contribution in [2.24, 2.45) is 0 Å². The van der Waals surface area contributed by atoms with Gasteiger partial charge >= 0.3 is 0 Å². The van der Waals surface area contributed by atoms with E-state index in [4.69, 9.17) is 16.3 Å². The third kappa shape index (κ3) is 4.18. The van der Waals surface area contributed by atoms with E-state index in [0.29, 0.717) is 11.3 Å². The fourth-order valence-corrected chi connectivity index (χ4v) is 1.73. The number of benzene rings is 2. The topological polar surface area (TPSA) is 29.5 Å². The Balaban J connectivity index is 2.11. The maximum atomic E-state index is 13.4. The predicted octanol–water partition coefficient (Wildman–Crippen LogP) is 3.70. The van der Waals surface area contributed by atoms with E-state index >= 15 is 0 Å². The summed E-state index contributed by atoms with van der Waals surface area (Å²) in [6.45, 7) is 0.236. The maximum absolute atomic E-state index is 13.4. The summed E-state index contributed by atoms with van der Waals surface area (Å²) in [7, 11) is 0. The first-order valence-corrected chi connectivity index (χ1v) is 6.47. The Hall–Kier alpha value is -2.18. The zero-order valence-corrected chi connectivity index (χ0v) is 11.3. The number of hydrogen-bond acceptors (Lipinski definition) is 2. The summed E-state index contributed by atoms with van der Waals surface area (Å²) in [6, 6.07) is 10.9. The molecule has 0 atom stereocenters. The normalized spacial score (nSPS) is 9.70. The zero-order valence-electron chi connectivity index (χ0n) is 10.6. The van der Waals surface area contributed by atoms with Gasteiger partial charge in [-0.2, -0.15) is 0 Å². The van der Waals surface area contributed by atoms with Gasteiger partial charge in [-0.05, 0) is 29.8 Å². The average Bonchev–Trinajstić information content (AvgIpc) is 2.42. The fourth-order valence-electron chi connectivity index (χ4n) is 1.67. The fraction of sp³-hybridized carbons (Fsp3) is 0.125. The Morgan fingerprint density at radius 2 is 2.05 bits per heavy atom. The summed E-state index contributed by atoms with van der Waals surface area (Å²) in [5, 5.41) is 9.35. The molecule has 0 aliphatic heterocycles. The van der Waals surface area contributed by atoms with E-state index in [1.165, 1.54) is 12.1 Å². The second-order valence-electron chi connectivity index (χ2n) is 4.07. The van der Waals surface area contributed by atoms with Crippen molar-refractivity contribution in [3.8, 4) is 23.3 Å². The Morgan fingerprint density at radius 1 is 1.20 bits per heavy atom. The highest BCUT2D eigenvalue weighted by Gasteiger charge is 2.02. The van der Waals surface area contributed by atoms with Crippen molar-refractivity contribution < 1.29 is 14.2 Å². The van der Waals surface area contributed by atoms with Crippen LogP contribution in [0.4, 0.5) is 4.39 Å². The van der Waals surface area contributed by atoms with Crippen LogP contribution in [0.1, 0.15) is 11.1 Å². The molecule has 0 spiro atoms. The molecule has 0 saturated heterocycles. The third-order valence-electron chi connectivity index (χ3n) is 2.49. The van der Waals surface area contributed by atoms with E-state index < -0.39 is 5.82 Å². The molecule has 102 valence electrons. The highest BCUT2D eigenvalue weighted by Crippen LogP contribution is 2.18. The zero-order chi connectivity index (χ0) is 14.4. The van der Waals surface area contributed by atoms with Crippen LogP contribution in [0.25, 0.3) is 0 Å². The Labute approximate surface area is 121 Å². The first kappa shape index (κ1) is 14.2. The Bertz CT molecular complexity index is 659. The highest BCUT2D eigenvalue weighted by atomic mass is 35.5. The number of phenolic OH excluding ortho intramolecular Hbond substituents is 1. The average molecular weight is 291 g/mol. The van der Waals surface area contributed by atoms with E-state index in [1.807, 2.05) is 6.07 Å². The molecule has 2 rings (SSSR count). The van der Waals surface area contributed by atoms with Crippen molar-refractivity contribution in [1.82, 2.24) is 0 Å². The lowest BCUT2D eigenvalue weighted by molar-refractivity contribution is 0.304. The van der Waals surface area contributed by atoms with Crippen LogP contribution in [0, 0.1) is 17.7 Å². The number of hydrogen-bond donors (Lipinski definition) is 1. The van der Waals surface area contributed by atoms with Crippen LogP contribution >= 0.6 is 11.6 Å². The molecule has 20 heavy (non-hydrogen) atoms. The number of phenols is 1. The summed E-state index contributed by atoms with van der Waals surface area (Å²) in [5.74, 6) is 5.72. The van der Waals surface area contributed by atoms with Crippen molar-refractivity contribution in [2.75, 3.05) is 5.88 Å². The number of ether oxygens (including phenoxy) is 1. The summed E-state index contributed by atoms with van der Waals surface area (Å²) in [6.07, 6.45) is 0. The van der Waals surface area contributed by atoms with E-state index in [1.54, 1.807) is 24.3 Å². The molecule has 1 N–H and O–H groups in total. The standard InChI is InChI=1S/C16H12ClFO2/c17-6-2-4-12-7-14(18)10-16(9-12)20-11-13-3-1-5-15(19)8-13/h1,3,5,7-10,19H,6,11H2. The van der Waals surface area contributed by atoms with Crippen molar-refractivity contribution in [3.05, 3.63) is 59.4 Å². The van der Waals surface area contributed by atoms with Gasteiger partial charge in [-0.1, -0.05) is 24.0 Å². The third-order valence-corrected chi connectivity index (χ3v) is 2.62. The first-order chi connectivity index (χ1) is 9.67. The van der Waals surface area contributed by atoms with Crippen LogP contribution < -0.4 is 4.74 Å². The van der Waals surface area contributed by atoms with Gasteiger partial charge in [-0.15, -0.1) is 11.6 Å². The number of rotatable bonds is 3. The lowest BCUT2D eigenvalue weighted by Crippen LogP contribution is -1.96. The van der Waals surface area contributed by atoms with Crippen LogP contribution in [0.15, 0.2) is 42.5 Å². The van der Waals surface area contributed by atoms with Gasteiger partial charge in [-0.25, -0.2) is 4.39 Å². The predicted molar refractivity (Wildman–Crippen MR) is 76.4 cm³/mol. The van der Waals surface area contributed by atoms with Crippen molar-refractivity contribution in [2.45, 2.75) is 6.61 Å². The molecule has 0 aliphatic carbocycles. The molecule has 2 aromatic carbocycles. The van der Waals surface area contributed by atoms with Crippen LogP contribution in [0.2, 0.25) is 0 Å². The molecule has 0 radical (unpaired) electrons. The monoisotopic (exact) mass is 290 g/mol. The molecule has 0 amide bonds. The van der Waals surface area contributed by atoms with E-state index in [2.05, 4.69) is 11.8 Å². The minimum Gasteiger partial charge on any atom is -0.508 e. The second-order valence-corrected chi connectivity index (χ2v) is 4.34. The molecule has 0 aliphatic rings. The second kappa shape index (κ2) is 6.83. The number of aromatic hydroxyl groups is 1. The van der Waals surface area contributed by atoms with Gasteiger partial charge in [0.1, 0.15) is 23.9 Å². The van der Waals surface area contributed by atoms with Crippen molar-refractivity contribution >= 4 is 11.6 Å². The maximum Gasteiger partial charge on any atom is 0.128 e. The molecule has 0 heterocycles. The van der Waals surface area contributed by atoms with Crippen molar-refractivity contribution in [1.29, 1.82) is 0 Å². The van der Waals surface area contributed by atoms with Crippen LogP contribution in [0.5, 0.6) is 11.5 Å². The molecular formula is C16H12ClFO2. The van der Waals surface area contributed by atoms with E-state index in [-0.39, 0.29) is 18.2 Å². The Kier molecular flexibility index (Phi) is 4.86. The van der Waals surface area contributed by atoms with Gasteiger partial charge in [0.25, 0.3) is 0 Å². The lowest BCUT2D eigenvalue weighted by Gasteiger charge is -2.07. The number of alkyl halides is 1.